The molecule has 0 bridgehead atoms. The van der Waals surface area contributed by atoms with Crippen molar-refractivity contribution in [2.45, 2.75) is 0 Å². The van der Waals surface area contributed by atoms with Gasteiger partial charge in [0.25, 0.3) is 5.56 Å². The van der Waals surface area contributed by atoms with Crippen molar-refractivity contribution in [3.63, 3.8) is 0 Å². The summed E-state index contributed by atoms with van der Waals surface area (Å²) in [6.45, 7) is 0. The van der Waals surface area contributed by atoms with Crippen molar-refractivity contribution in [2.75, 3.05) is 0 Å². The maximum Gasteiger partial charge on any atom is 0.251 e. The lowest BCUT2D eigenvalue weighted by atomic mass is 10.2. The Bertz CT molecular complexity index is 708. The molecular formula is C12H9NOS. The molecule has 0 aliphatic rings. The highest BCUT2D eigenvalue weighted by Crippen LogP contribution is 2.32. The molecule has 1 aromatic carbocycles. The number of fused-ring (bicyclic) bond motifs is 3. The zero-order chi connectivity index (χ0) is 10.4. The van der Waals surface area contributed by atoms with Gasteiger partial charge in [-0.1, -0.05) is 18.2 Å². The summed E-state index contributed by atoms with van der Waals surface area (Å²) in [4.78, 5) is 11.5. The fourth-order valence-corrected chi connectivity index (χ4v) is 2.90. The molecule has 0 aliphatic heterocycles. The smallest absolute Gasteiger partial charge is 0.251 e. The molecule has 3 aromatic rings. The lowest BCUT2D eigenvalue weighted by molar-refractivity contribution is 0.872. The second-order valence-corrected chi connectivity index (χ2v) is 4.68. The Morgan fingerprint density at radius 3 is 2.80 bits per heavy atom. The molecule has 0 unspecified atom stereocenters. The van der Waals surface area contributed by atoms with E-state index in [2.05, 4.69) is 12.1 Å². The summed E-state index contributed by atoms with van der Waals surface area (Å²) in [5.74, 6) is 0. The number of pyridine rings is 1. The first-order valence-electron chi connectivity index (χ1n) is 4.73. The molecule has 0 amide bonds. The summed E-state index contributed by atoms with van der Waals surface area (Å²) in [6, 6.07) is 9.94. The molecule has 0 N–H and O–H groups in total. The lowest BCUT2D eigenvalue weighted by Gasteiger charge is -1.96. The van der Waals surface area contributed by atoms with Gasteiger partial charge in [0, 0.05) is 39.5 Å². The maximum atomic E-state index is 11.5. The third-order valence-corrected chi connectivity index (χ3v) is 3.72. The molecule has 3 heteroatoms. The van der Waals surface area contributed by atoms with E-state index >= 15 is 0 Å². The van der Waals surface area contributed by atoms with Gasteiger partial charge in [-0.15, -0.1) is 11.3 Å². The van der Waals surface area contributed by atoms with Gasteiger partial charge in [-0.3, -0.25) is 4.79 Å². The maximum absolute atomic E-state index is 11.5. The molecule has 0 spiro atoms. The van der Waals surface area contributed by atoms with Gasteiger partial charge in [-0.05, 0) is 6.07 Å². The monoisotopic (exact) mass is 215 g/mol. The fourth-order valence-electron chi connectivity index (χ4n) is 1.80. The third kappa shape index (κ3) is 1.20. The molecule has 0 radical (unpaired) electrons. The Morgan fingerprint density at radius 2 is 1.93 bits per heavy atom. The van der Waals surface area contributed by atoms with Crippen LogP contribution in [0.25, 0.3) is 20.2 Å². The van der Waals surface area contributed by atoms with Gasteiger partial charge in [0.05, 0.1) is 0 Å². The number of hydrogen-bond donors (Lipinski definition) is 0. The van der Waals surface area contributed by atoms with E-state index in [9.17, 15) is 4.79 Å². The van der Waals surface area contributed by atoms with Gasteiger partial charge < -0.3 is 4.57 Å². The molecule has 0 fully saturated rings. The third-order valence-electron chi connectivity index (χ3n) is 2.59. The van der Waals surface area contributed by atoms with E-state index in [1.54, 1.807) is 29.0 Å². The average molecular weight is 215 g/mol. The van der Waals surface area contributed by atoms with Crippen LogP contribution < -0.4 is 5.56 Å². The number of benzene rings is 1. The van der Waals surface area contributed by atoms with E-state index in [0.29, 0.717) is 0 Å². The van der Waals surface area contributed by atoms with Crippen molar-refractivity contribution < 1.29 is 0 Å². The lowest BCUT2D eigenvalue weighted by Crippen LogP contribution is -2.13. The molecule has 0 saturated heterocycles. The van der Waals surface area contributed by atoms with E-state index in [1.165, 1.54) is 10.1 Å². The fraction of sp³-hybridized carbons (Fsp3) is 0.0833. The number of aryl methyl sites for hydroxylation is 1. The highest BCUT2D eigenvalue weighted by molar-refractivity contribution is 7.25. The minimum atomic E-state index is 0.0501. The minimum Gasteiger partial charge on any atom is -0.318 e. The van der Waals surface area contributed by atoms with E-state index in [0.717, 1.165) is 10.1 Å². The summed E-state index contributed by atoms with van der Waals surface area (Å²) >= 11 is 1.67. The van der Waals surface area contributed by atoms with Gasteiger partial charge in [0.1, 0.15) is 0 Å². The van der Waals surface area contributed by atoms with Crippen LogP contribution in [0.5, 0.6) is 0 Å². The van der Waals surface area contributed by atoms with Gasteiger partial charge in [-0.25, -0.2) is 0 Å². The van der Waals surface area contributed by atoms with Crippen molar-refractivity contribution in [3.05, 3.63) is 46.9 Å². The second kappa shape index (κ2) is 2.94. The number of thiophene rings is 1. The van der Waals surface area contributed by atoms with Crippen LogP contribution in [0, 0.1) is 0 Å². The topological polar surface area (TPSA) is 22.0 Å². The van der Waals surface area contributed by atoms with Crippen molar-refractivity contribution in [2.24, 2.45) is 7.05 Å². The highest BCUT2D eigenvalue weighted by atomic mass is 32.1. The normalized spacial score (nSPS) is 11.3. The Morgan fingerprint density at radius 1 is 1.13 bits per heavy atom. The van der Waals surface area contributed by atoms with Crippen LogP contribution in [0.3, 0.4) is 0 Å². The number of nitrogens with zero attached hydrogens (tertiary/aromatic N) is 1. The minimum absolute atomic E-state index is 0.0501. The van der Waals surface area contributed by atoms with Crippen LogP contribution in [0.2, 0.25) is 0 Å². The molecule has 0 atom stereocenters. The summed E-state index contributed by atoms with van der Waals surface area (Å²) in [5, 5.41) is 2.39. The molecule has 15 heavy (non-hydrogen) atoms. The molecule has 74 valence electrons. The largest absolute Gasteiger partial charge is 0.318 e. The molecule has 3 rings (SSSR count). The first-order valence-corrected chi connectivity index (χ1v) is 5.55. The Balaban J connectivity index is 2.61. The molecular weight excluding hydrogens is 206 g/mol. The first kappa shape index (κ1) is 8.68. The predicted molar refractivity (Wildman–Crippen MR) is 64.6 cm³/mol. The molecule has 2 heterocycles. The van der Waals surface area contributed by atoms with E-state index in [-0.39, 0.29) is 5.56 Å². The number of rotatable bonds is 0. The van der Waals surface area contributed by atoms with Gasteiger partial charge >= 0.3 is 0 Å². The summed E-state index contributed by atoms with van der Waals surface area (Å²) in [6.07, 6.45) is 1.91. The van der Waals surface area contributed by atoms with Crippen molar-refractivity contribution in [1.29, 1.82) is 0 Å². The van der Waals surface area contributed by atoms with E-state index in [4.69, 9.17) is 0 Å². The average Bonchev–Trinajstić information content (AvgIpc) is 2.57. The van der Waals surface area contributed by atoms with Gasteiger partial charge in [0.15, 0.2) is 0 Å². The van der Waals surface area contributed by atoms with E-state index in [1.807, 2.05) is 18.3 Å². The van der Waals surface area contributed by atoms with Crippen molar-refractivity contribution in [1.82, 2.24) is 4.57 Å². The van der Waals surface area contributed by atoms with E-state index < -0.39 is 0 Å². The van der Waals surface area contributed by atoms with Crippen molar-refractivity contribution in [3.8, 4) is 0 Å². The summed E-state index contributed by atoms with van der Waals surface area (Å²) < 4.78 is 3.93. The first-order chi connectivity index (χ1) is 7.25. The SMILES string of the molecule is Cn1cc2c(cc1=O)sc1ccccc12. The summed E-state index contributed by atoms with van der Waals surface area (Å²) in [7, 11) is 1.79. The van der Waals surface area contributed by atoms with Crippen LogP contribution in [-0.2, 0) is 7.05 Å². The predicted octanol–water partition coefficient (Wildman–Crippen LogP) is 2.75. The Hall–Kier alpha value is -1.61. The molecule has 0 aliphatic carbocycles. The number of hydrogen-bond acceptors (Lipinski definition) is 2. The van der Waals surface area contributed by atoms with Crippen LogP contribution in [0.15, 0.2) is 41.3 Å². The highest BCUT2D eigenvalue weighted by Gasteiger charge is 2.05. The molecule has 2 nitrogen and oxygen atoms in total. The van der Waals surface area contributed by atoms with Crippen LogP contribution in [-0.4, -0.2) is 4.57 Å². The Labute approximate surface area is 90.4 Å². The molecule has 0 saturated carbocycles. The quantitative estimate of drug-likeness (QED) is 0.565. The van der Waals surface area contributed by atoms with Crippen LogP contribution in [0.1, 0.15) is 0 Å². The zero-order valence-electron chi connectivity index (χ0n) is 8.23. The standard InChI is InChI=1S/C12H9NOS/c1-13-7-9-8-4-2-3-5-10(8)15-11(9)6-12(13)14/h2-7H,1H3. The van der Waals surface area contributed by atoms with Gasteiger partial charge in [0.2, 0.25) is 0 Å². The van der Waals surface area contributed by atoms with Crippen LogP contribution >= 0.6 is 11.3 Å². The van der Waals surface area contributed by atoms with Gasteiger partial charge in [-0.2, -0.15) is 0 Å². The number of aromatic nitrogens is 1. The second-order valence-electron chi connectivity index (χ2n) is 3.60. The van der Waals surface area contributed by atoms with Crippen molar-refractivity contribution >= 4 is 31.5 Å². The van der Waals surface area contributed by atoms with Crippen LogP contribution in [0.4, 0.5) is 0 Å². The Kier molecular flexibility index (Phi) is 1.70. The summed E-state index contributed by atoms with van der Waals surface area (Å²) in [5.41, 5.74) is 0.0501. The zero-order valence-corrected chi connectivity index (χ0v) is 9.04. The molecule has 2 aromatic heterocycles.